The monoisotopic (exact) mass is 294 g/mol. The molecule has 0 amide bonds. The topological polar surface area (TPSA) is 63.6 Å². The molecule has 21 heavy (non-hydrogen) atoms. The van der Waals surface area contributed by atoms with Gasteiger partial charge >= 0.3 is 0 Å². The number of ether oxygens (including phenoxy) is 2. The lowest BCUT2D eigenvalue weighted by Crippen LogP contribution is -2.35. The standard InChI is InChI=1S/C16H26N2O3/c1-20-9-10-21-15-6-5-14(11-17-15)18-12-16(13-19)7-3-2-4-8-16/h5-6,11,18-19H,2-4,7-10,12-13H2,1H3. The molecule has 1 aliphatic rings. The minimum atomic E-state index is 0.0336. The van der Waals surface area contributed by atoms with E-state index in [0.29, 0.717) is 19.1 Å². The van der Waals surface area contributed by atoms with Crippen LogP contribution in [0.1, 0.15) is 32.1 Å². The van der Waals surface area contributed by atoms with Crippen molar-refractivity contribution < 1.29 is 14.6 Å². The van der Waals surface area contributed by atoms with Crippen LogP contribution in [0.3, 0.4) is 0 Å². The van der Waals surface area contributed by atoms with Crippen molar-refractivity contribution in [3.63, 3.8) is 0 Å². The summed E-state index contributed by atoms with van der Waals surface area (Å²) in [7, 11) is 1.64. The van der Waals surface area contributed by atoms with Gasteiger partial charge < -0.3 is 19.9 Å². The molecule has 2 N–H and O–H groups in total. The highest BCUT2D eigenvalue weighted by atomic mass is 16.5. The fourth-order valence-corrected chi connectivity index (χ4v) is 2.78. The molecule has 5 nitrogen and oxygen atoms in total. The second-order valence-electron chi connectivity index (χ2n) is 5.80. The van der Waals surface area contributed by atoms with Crippen LogP contribution in [-0.2, 0) is 4.74 Å². The van der Waals surface area contributed by atoms with Crippen LogP contribution in [-0.4, -0.2) is 43.6 Å². The van der Waals surface area contributed by atoms with Gasteiger partial charge in [0.25, 0.3) is 0 Å². The van der Waals surface area contributed by atoms with Gasteiger partial charge in [-0.25, -0.2) is 4.98 Å². The minimum Gasteiger partial charge on any atom is -0.475 e. The maximum atomic E-state index is 9.70. The smallest absolute Gasteiger partial charge is 0.213 e. The summed E-state index contributed by atoms with van der Waals surface area (Å²) < 4.78 is 10.4. The van der Waals surface area contributed by atoms with Gasteiger partial charge in [-0.2, -0.15) is 0 Å². The quantitative estimate of drug-likeness (QED) is 0.721. The van der Waals surface area contributed by atoms with Crippen molar-refractivity contribution in [1.82, 2.24) is 4.98 Å². The first kappa shape index (κ1) is 16.0. The molecule has 0 saturated heterocycles. The van der Waals surface area contributed by atoms with E-state index in [-0.39, 0.29) is 12.0 Å². The molecule has 0 unspecified atom stereocenters. The number of hydrogen-bond donors (Lipinski definition) is 2. The Morgan fingerprint density at radius 3 is 2.67 bits per heavy atom. The average molecular weight is 294 g/mol. The van der Waals surface area contributed by atoms with Crippen LogP contribution in [0.2, 0.25) is 0 Å². The normalized spacial score (nSPS) is 17.4. The van der Waals surface area contributed by atoms with Crippen LogP contribution in [0.4, 0.5) is 5.69 Å². The fraction of sp³-hybridized carbons (Fsp3) is 0.688. The van der Waals surface area contributed by atoms with E-state index in [0.717, 1.165) is 25.1 Å². The zero-order valence-electron chi connectivity index (χ0n) is 12.8. The summed E-state index contributed by atoms with van der Waals surface area (Å²) in [5.41, 5.74) is 0.999. The molecule has 1 fully saturated rings. The number of anilines is 1. The number of rotatable bonds is 8. The van der Waals surface area contributed by atoms with Gasteiger partial charge in [0.05, 0.1) is 25.1 Å². The van der Waals surface area contributed by atoms with E-state index in [1.807, 2.05) is 12.1 Å². The van der Waals surface area contributed by atoms with Crippen LogP contribution >= 0.6 is 0 Å². The molecule has 2 rings (SSSR count). The molecule has 0 radical (unpaired) electrons. The first-order valence-electron chi connectivity index (χ1n) is 7.70. The summed E-state index contributed by atoms with van der Waals surface area (Å²) in [4.78, 5) is 4.26. The summed E-state index contributed by atoms with van der Waals surface area (Å²) in [6, 6.07) is 3.81. The number of hydrogen-bond acceptors (Lipinski definition) is 5. The predicted molar refractivity (Wildman–Crippen MR) is 82.7 cm³/mol. The van der Waals surface area contributed by atoms with Crippen LogP contribution in [0.25, 0.3) is 0 Å². The summed E-state index contributed by atoms with van der Waals surface area (Å²) in [6.07, 6.45) is 7.69. The third-order valence-electron chi connectivity index (χ3n) is 4.19. The van der Waals surface area contributed by atoms with Crippen molar-refractivity contribution in [1.29, 1.82) is 0 Å². The van der Waals surface area contributed by atoms with E-state index in [1.54, 1.807) is 13.3 Å². The molecule has 0 aliphatic heterocycles. The molecule has 0 atom stereocenters. The molecule has 1 aromatic rings. The Bertz CT molecular complexity index is 402. The third kappa shape index (κ3) is 4.86. The van der Waals surface area contributed by atoms with Gasteiger partial charge in [-0.15, -0.1) is 0 Å². The number of aliphatic hydroxyl groups is 1. The lowest BCUT2D eigenvalue weighted by atomic mass is 9.74. The second kappa shape index (κ2) is 8.20. The Morgan fingerprint density at radius 1 is 1.24 bits per heavy atom. The van der Waals surface area contributed by atoms with E-state index < -0.39 is 0 Å². The Morgan fingerprint density at radius 2 is 2.05 bits per heavy atom. The Hall–Kier alpha value is -1.33. The number of aromatic nitrogens is 1. The highest BCUT2D eigenvalue weighted by Gasteiger charge is 2.31. The molecule has 1 aliphatic carbocycles. The van der Waals surface area contributed by atoms with Crippen molar-refractivity contribution >= 4 is 5.69 Å². The molecular weight excluding hydrogens is 268 g/mol. The number of nitrogens with one attached hydrogen (secondary N) is 1. The summed E-state index contributed by atoms with van der Waals surface area (Å²) in [6.45, 7) is 2.12. The molecule has 5 heteroatoms. The Labute approximate surface area is 126 Å². The fourth-order valence-electron chi connectivity index (χ4n) is 2.78. The summed E-state index contributed by atoms with van der Waals surface area (Å²) >= 11 is 0. The maximum absolute atomic E-state index is 9.70. The van der Waals surface area contributed by atoms with Gasteiger partial charge in [-0.3, -0.25) is 0 Å². The number of nitrogens with zero attached hydrogens (tertiary/aromatic N) is 1. The molecule has 1 aromatic heterocycles. The average Bonchev–Trinajstić information content (AvgIpc) is 2.55. The van der Waals surface area contributed by atoms with Crippen LogP contribution in [0.5, 0.6) is 5.88 Å². The Kier molecular flexibility index (Phi) is 6.26. The molecule has 0 bridgehead atoms. The van der Waals surface area contributed by atoms with Crippen LogP contribution in [0, 0.1) is 5.41 Å². The van der Waals surface area contributed by atoms with Crippen molar-refractivity contribution in [2.75, 3.05) is 38.8 Å². The van der Waals surface area contributed by atoms with Crippen molar-refractivity contribution in [2.45, 2.75) is 32.1 Å². The first-order chi connectivity index (χ1) is 10.3. The summed E-state index contributed by atoms with van der Waals surface area (Å²) in [5, 5.41) is 13.1. The largest absolute Gasteiger partial charge is 0.475 e. The lowest BCUT2D eigenvalue weighted by Gasteiger charge is -2.36. The van der Waals surface area contributed by atoms with E-state index in [1.165, 1.54) is 19.3 Å². The predicted octanol–water partition coefficient (Wildman–Crippen LogP) is 2.46. The zero-order valence-corrected chi connectivity index (χ0v) is 12.8. The number of methoxy groups -OCH3 is 1. The third-order valence-corrected chi connectivity index (χ3v) is 4.19. The second-order valence-corrected chi connectivity index (χ2v) is 5.80. The number of pyridine rings is 1. The van der Waals surface area contributed by atoms with Gasteiger partial charge in [0, 0.05) is 25.1 Å². The molecule has 1 saturated carbocycles. The van der Waals surface area contributed by atoms with E-state index >= 15 is 0 Å². The van der Waals surface area contributed by atoms with Crippen molar-refractivity contribution in [3.05, 3.63) is 18.3 Å². The van der Waals surface area contributed by atoms with Crippen LogP contribution in [0.15, 0.2) is 18.3 Å². The minimum absolute atomic E-state index is 0.0336. The number of aliphatic hydroxyl groups excluding tert-OH is 1. The Balaban J connectivity index is 1.82. The van der Waals surface area contributed by atoms with Crippen molar-refractivity contribution in [3.8, 4) is 5.88 Å². The molecule has 0 spiro atoms. The SMILES string of the molecule is COCCOc1ccc(NCC2(CO)CCCCC2)cn1. The van der Waals surface area contributed by atoms with Crippen LogP contribution < -0.4 is 10.1 Å². The highest BCUT2D eigenvalue weighted by molar-refractivity contribution is 5.42. The van der Waals surface area contributed by atoms with E-state index in [9.17, 15) is 5.11 Å². The maximum Gasteiger partial charge on any atom is 0.213 e. The van der Waals surface area contributed by atoms with Gasteiger partial charge in [0.1, 0.15) is 6.61 Å². The molecule has 1 heterocycles. The van der Waals surface area contributed by atoms with E-state index in [2.05, 4.69) is 10.3 Å². The molecular formula is C16H26N2O3. The van der Waals surface area contributed by atoms with Crippen molar-refractivity contribution in [2.24, 2.45) is 5.41 Å². The van der Waals surface area contributed by atoms with Gasteiger partial charge in [-0.1, -0.05) is 19.3 Å². The zero-order chi connectivity index (χ0) is 15.0. The lowest BCUT2D eigenvalue weighted by molar-refractivity contribution is 0.0944. The highest BCUT2D eigenvalue weighted by Crippen LogP contribution is 2.35. The first-order valence-corrected chi connectivity index (χ1v) is 7.70. The van der Waals surface area contributed by atoms with Gasteiger partial charge in [0.15, 0.2) is 0 Å². The van der Waals surface area contributed by atoms with Gasteiger partial charge in [0.2, 0.25) is 5.88 Å². The van der Waals surface area contributed by atoms with E-state index in [4.69, 9.17) is 9.47 Å². The molecule has 0 aromatic carbocycles. The van der Waals surface area contributed by atoms with Gasteiger partial charge in [-0.05, 0) is 18.9 Å². The summed E-state index contributed by atoms with van der Waals surface area (Å²) in [5.74, 6) is 0.604. The molecule has 118 valence electrons.